The molecule has 10 nitrogen and oxygen atoms in total. The molecule has 0 aromatic heterocycles. The number of oxime groups is 1. The van der Waals surface area contributed by atoms with E-state index in [1.807, 2.05) is 0 Å². The van der Waals surface area contributed by atoms with E-state index in [9.17, 15) is 24.9 Å². The van der Waals surface area contributed by atoms with Gasteiger partial charge in [-0.25, -0.2) is 4.79 Å². The summed E-state index contributed by atoms with van der Waals surface area (Å²) in [6, 6.07) is -0.668. The summed E-state index contributed by atoms with van der Waals surface area (Å²) in [5, 5.41) is 36.2. The first-order chi connectivity index (χ1) is 11.0. The van der Waals surface area contributed by atoms with Crippen molar-refractivity contribution >= 4 is 18.5 Å². The Hall–Kier alpha value is -2.01. The second kappa shape index (κ2) is 8.58. The lowest BCUT2D eigenvalue weighted by atomic mass is 9.89. The number of hydrogen-bond donors (Lipinski definition) is 4. The largest absolute Gasteiger partial charge is 0.399 e. The van der Waals surface area contributed by atoms with Gasteiger partial charge in [0.1, 0.15) is 31.2 Å². The van der Waals surface area contributed by atoms with Gasteiger partial charge in [0.2, 0.25) is 0 Å². The van der Waals surface area contributed by atoms with Crippen molar-refractivity contribution in [3.05, 3.63) is 12.3 Å². The molecule has 0 unspecified atom stereocenters. The number of aliphatic hydroxyl groups is 3. The highest BCUT2D eigenvalue weighted by Crippen LogP contribution is 2.35. The maximum absolute atomic E-state index is 11.9. The maximum atomic E-state index is 11.9. The smallest absolute Gasteiger partial charge is 0.323 e. The fourth-order valence-electron chi connectivity index (χ4n) is 2.25. The van der Waals surface area contributed by atoms with Crippen LogP contribution < -0.4 is 5.32 Å². The predicted molar refractivity (Wildman–Crippen MR) is 78.3 cm³/mol. The summed E-state index contributed by atoms with van der Waals surface area (Å²) in [5.41, 5.74) is -1.89. The third-order valence-corrected chi connectivity index (χ3v) is 3.46. The Labute approximate surface area is 133 Å². The van der Waals surface area contributed by atoms with E-state index in [1.54, 1.807) is 0 Å². The summed E-state index contributed by atoms with van der Waals surface area (Å²) >= 11 is 0. The molecule has 1 aliphatic rings. The van der Waals surface area contributed by atoms with Crippen LogP contribution in [0.15, 0.2) is 17.4 Å². The van der Waals surface area contributed by atoms with E-state index in [4.69, 9.17) is 4.74 Å². The average Bonchev–Trinajstić information content (AvgIpc) is 2.80. The Morgan fingerprint density at radius 1 is 1.57 bits per heavy atom. The second-order valence-corrected chi connectivity index (χ2v) is 4.75. The van der Waals surface area contributed by atoms with E-state index in [0.717, 1.165) is 17.2 Å². The van der Waals surface area contributed by atoms with Crippen molar-refractivity contribution in [3.8, 4) is 0 Å². The zero-order valence-corrected chi connectivity index (χ0v) is 12.8. The number of allylic oxidation sites excluding steroid dienone is 1. The van der Waals surface area contributed by atoms with Crippen molar-refractivity contribution in [2.45, 2.75) is 30.5 Å². The Morgan fingerprint density at radius 3 is 2.78 bits per heavy atom. The zero-order chi connectivity index (χ0) is 17.5. The first-order valence-corrected chi connectivity index (χ1v) is 6.80. The van der Waals surface area contributed by atoms with Gasteiger partial charge >= 0.3 is 6.03 Å². The number of amides is 2. The highest BCUT2D eigenvalue weighted by Gasteiger charge is 2.56. The van der Waals surface area contributed by atoms with Gasteiger partial charge in [-0.05, 0) is 6.08 Å². The molecule has 0 saturated carbocycles. The minimum absolute atomic E-state index is 0.178. The van der Waals surface area contributed by atoms with E-state index in [-0.39, 0.29) is 6.42 Å². The maximum Gasteiger partial charge on any atom is 0.323 e. The van der Waals surface area contributed by atoms with Gasteiger partial charge in [-0.1, -0.05) is 5.16 Å². The lowest BCUT2D eigenvalue weighted by Crippen LogP contribution is -2.53. The van der Waals surface area contributed by atoms with Gasteiger partial charge in [0.25, 0.3) is 0 Å². The van der Waals surface area contributed by atoms with Crippen molar-refractivity contribution in [2.24, 2.45) is 5.16 Å². The van der Waals surface area contributed by atoms with Crippen LogP contribution >= 0.6 is 0 Å². The summed E-state index contributed by atoms with van der Waals surface area (Å²) in [6.07, 6.45) is -0.417. The summed E-state index contributed by atoms with van der Waals surface area (Å²) in [4.78, 5) is 27.7. The molecule has 1 fully saturated rings. The summed E-state index contributed by atoms with van der Waals surface area (Å²) < 4.78 is 5.40. The third kappa shape index (κ3) is 4.05. The number of ether oxygens (including phenoxy) is 1. The average molecular weight is 331 g/mol. The van der Waals surface area contributed by atoms with Crippen LogP contribution in [0, 0.1) is 0 Å². The van der Waals surface area contributed by atoms with Crippen LogP contribution in [0.5, 0.6) is 0 Å². The number of aldehydes is 1. The molecule has 0 spiro atoms. The quantitative estimate of drug-likeness (QED) is 0.186. The molecule has 0 radical (unpaired) electrons. The zero-order valence-electron chi connectivity index (χ0n) is 12.8. The number of nitrogens with one attached hydrogen (secondary N) is 1. The standard InChI is InChI=1S/C13H21N3O7/c1-14-12(20)16(6-3-7-17)11-10(19)13(21,4-5-15-22-2)9(8-18)23-11/h3,5-7,9-11,18-19,21H,4,8H2,1-2H3,(H,14,20)/b6-3-,15-5-/t9-,10+,11-,13-/m1/s1. The molecular formula is C13H21N3O7. The van der Waals surface area contributed by atoms with Crippen molar-refractivity contribution in [1.29, 1.82) is 0 Å². The molecule has 0 aliphatic carbocycles. The Balaban J connectivity index is 3.08. The van der Waals surface area contributed by atoms with Gasteiger partial charge in [-0.15, -0.1) is 0 Å². The lowest BCUT2D eigenvalue weighted by Gasteiger charge is -2.30. The van der Waals surface area contributed by atoms with Crippen LogP contribution in [0.1, 0.15) is 6.42 Å². The monoisotopic (exact) mass is 331 g/mol. The molecule has 0 bridgehead atoms. The second-order valence-electron chi connectivity index (χ2n) is 4.75. The van der Waals surface area contributed by atoms with Crippen molar-refractivity contribution in [1.82, 2.24) is 10.2 Å². The third-order valence-electron chi connectivity index (χ3n) is 3.46. The molecular weight excluding hydrogens is 310 g/mol. The molecule has 0 aromatic rings. The molecule has 10 heteroatoms. The van der Waals surface area contributed by atoms with Crippen LogP contribution in [-0.4, -0.2) is 83.6 Å². The molecule has 0 aromatic carbocycles. The Morgan fingerprint density at radius 2 is 2.26 bits per heavy atom. The fraction of sp³-hybridized carbons (Fsp3) is 0.615. The molecule has 1 aliphatic heterocycles. The van der Waals surface area contributed by atoms with Gasteiger partial charge < -0.3 is 30.2 Å². The Bertz CT molecular complexity index is 470. The van der Waals surface area contributed by atoms with Gasteiger partial charge in [0.05, 0.1) is 6.61 Å². The van der Waals surface area contributed by atoms with Crippen LogP contribution in [0.2, 0.25) is 0 Å². The van der Waals surface area contributed by atoms with E-state index in [2.05, 4.69) is 15.3 Å². The molecule has 2 amide bonds. The molecule has 1 saturated heterocycles. The topological polar surface area (TPSA) is 141 Å². The van der Waals surface area contributed by atoms with E-state index < -0.39 is 36.7 Å². The van der Waals surface area contributed by atoms with Crippen LogP contribution in [0.4, 0.5) is 4.79 Å². The number of carbonyl (C=O) groups excluding carboxylic acids is 2. The predicted octanol–water partition coefficient (Wildman–Crippen LogP) is -1.83. The minimum atomic E-state index is -1.89. The van der Waals surface area contributed by atoms with Crippen molar-refractivity contribution in [2.75, 3.05) is 20.8 Å². The number of aliphatic hydroxyl groups excluding tert-OH is 2. The van der Waals surface area contributed by atoms with Crippen molar-refractivity contribution in [3.63, 3.8) is 0 Å². The summed E-state index contributed by atoms with van der Waals surface area (Å²) in [7, 11) is 2.67. The van der Waals surface area contributed by atoms with Gasteiger partial charge in [0.15, 0.2) is 6.23 Å². The van der Waals surface area contributed by atoms with Gasteiger partial charge in [-0.3, -0.25) is 9.69 Å². The first kappa shape index (κ1) is 19.0. The number of rotatable bonds is 7. The van der Waals surface area contributed by atoms with Gasteiger partial charge in [0, 0.05) is 25.9 Å². The van der Waals surface area contributed by atoms with E-state index >= 15 is 0 Å². The number of carbonyl (C=O) groups is 2. The van der Waals surface area contributed by atoms with Crippen LogP contribution in [-0.2, 0) is 14.4 Å². The summed E-state index contributed by atoms with van der Waals surface area (Å²) in [6.45, 7) is -0.593. The molecule has 4 atom stereocenters. The highest BCUT2D eigenvalue weighted by atomic mass is 16.6. The summed E-state index contributed by atoms with van der Waals surface area (Å²) in [5.74, 6) is 0. The lowest BCUT2D eigenvalue weighted by molar-refractivity contribution is -0.104. The first-order valence-electron chi connectivity index (χ1n) is 6.80. The van der Waals surface area contributed by atoms with Gasteiger partial charge in [-0.2, -0.15) is 0 Å². The normalized spacial score (nSPS) is 30.7. The SMILES string of the molecule is CNC(=O)N(/C=C\C=O)[C@@H]1O[C@H](CO)[C@](O)(C/C=N\OC)[C@H]1O. The molecule has 4 N–H and O–H groups in total. The number of hydrogen-bond acceptors (Lipinski definition) is 8. The van der Waals surface area contributed by atoms with E-state index in [1.165, 1.54) is 20.4 Å². The molecule has 130 valence electrons. The van der Waals surface area contributed by atoms with Crippen LogP contribution in [0.25, 0.3) is 0 Å². The van der Waals surface area contributed by atoms with E-state index in [0.29, 0.717) is 6.29 Å². The molecule has 1 heterocycles. The highest BCUT2D eigenvalue weighted by molar-refractivity contribution is 5.76. The molecule has 1 rings (SSSR count). The van der Waals surface area contributed by atoms with Crippen molar-refractivity contribution < 1.29 is 34.5 Å². The number of urea groups is 1. The fourth-order valence-corrected chi connectivity index (χ4v) is 2.25. The Kier molecular flexibility index (Phi) is 7.10. The molecule has 23 heavy (non-hydrogen) atoms. The number of nitrogens with zero attached hydrogens (tertiary/aromatic N) is 2. The minimum Gasteiger partial charge on any atom is -0.399 e. The van der Waals surface area contributed by atoms with Crippen LogP contribution in [0.3, 0.4) is 0 Å².